The molecule has 0 aliphatic heterocycles. The second kappa shape index (κ2) is 8.96. The first-order valence-corrected chi connectivity index (χ1v) is 8.13. The van der Waals surface area contributed by atoms with Crippen LogP contribution in [0.1, 0.15) is 31.0 Å². The molecular weight excluding hydrogens is 324 g/mol. The standard InChI is InChI=1S/C18H24N2O5/c1-5-6-7-25-18-19-13(11-16(21)20-18)8-12-9-14(22-2)17(24-4)15(10-12)23-3/h9-11H,5-8H2,1-4H3,(H,19,20,21). The zero-order valence-electron chi connectivity index (χ0n) is 15.0. The number of nitrogens with one attached hydrogen (secondary N) is 1. The fourth-order valence-electron chi connectivity index (χ4n) is 2.40. The van der Waals surface area contributed by atoms with Gasteiger partial charge in [0.05, 0.1) is 33.6 Å². The maximum absolute atomic E-state index is 11.8. The first-order chi connectivity index (χ1) is 12.1. The number of hydrogen-bond donors (Lipinski definition) is 1. The van der Waals surface area contributed by atoms with Gasteiger partial charge >= 0.3 is 0 Å². The highest BCUT2D eigenvalue weighted by Gasteiger charge is 2.14. The Morgan fingerprint density at radius 1 is 1.04 bits per heavy atom. The van der Waals surface area contributed by atoms with Crippen LogP contribution in [0.2, 0.25) is 0 Å². The molecule has 0 saturated carbocycles. The molecule has 0 fully saturated rings. The average molecular weight is 348 g/mol. The summed E-state index contributed by atoms with van der Waals surface area (Å²) >= 11 is 0. The number of hydrogen-bond acceptors (Lipinski definition) is 6. The number of unbranched alkanes of at least 4 members (excludes halogenated alkanes) is 1. The molecule has 7 heteroatoms. The summed E-state index contributed by atoms with van der Waals surface area (Å²) in [7, 11) is 4.68. The number of aromatic amines is 1. The van der Waals surface area contributed by atoms with Crippen LogP contribution in [0.25, 0.3) is 0 Å². The van der Waals surface area contributed by atoms with E-state index in [0.717, 1.165) is 18.4 Å². The van der Waals surface area contributed by atoms with Gasteiger partial charge in [0.2, 0.25) is 5.75 Å². The van der Waals surface area contributed by atoms with Gasteiger partial charge in [0.15, 0.2) is 11.5 Å². The van der Waals surface area contributed by atoms with E-state index in [1.807, 2.05) is 12.1 Å². The molecule has 1 aromatic heterocycles. The lowest BCUT2D eigenvalue weighted by molar-refractivity contribution is 0.283. The lowest BCUT2D eigenvalue weighted by Gasteiger charge is -2.14. The van der Waals surface area contributed by atoms with Gasteiger partial charge in [-0.15, -0.1) is 0 Å². The molecule has 2 rings (SSSR count). The van der Waals surface area contributed by atoms with Gasteiger partial charge in [-0.1, -0.05) is 13.3 Å². The SMILES string of the molecule is CCCCOc1nc(Cc2cc(OC)c(OC)c(OC)c2)cc(=O)[nH]1. The largest absolute Gasteiger partial charge is 0.493 e. The number of aromatic nitrogens is 2. The monoisotopic (exact) mass is 348 g/mol. The highest BCUT2D eigenvalue weighted by atomic mass is 16.5. The van der Waals surface area contributed by atoms with E-state index in [0.29, 0.717) is 36.0 Å². The van der Waals surface area contributed by atoms with Gasteiger partial charge in [0.1, 0.15) is 0 Å². The second-order valence-corrected chi connectivity index (χ2v) is 5.45. The average Bonchev–Trinajstić information content (AvgIpc) is 2.60. The van der Waals surface area contributed by atoms with E-state index in [2.05, 4.69) is 16.9 Å². The Kier molecular flexibility index (Phi) is 6.68. The maximum atomic E-state index is 11.8. The second-order valence-electron chi connectivity index (χ2n) is 5.45. The molecule has 0 aliphatic rings. The number of methoxy groups -OCH3 is 3. The Bertz CT molecular complexity index is 732. The van der Waals surface area contributed by atoms with Gasteiger partial charge in [0.25, 0.3) is 11.6 Å². The molecule has 1 heterocycles. The van der Waals surface area contributed by atoms with Gasteiger partial charge < -0.3 is 18.9 Å². The normalized spacial score (nSPS) is 10.4. The number of nitrogens with zero attached hydrogens (tertiary/aromatic N) is 1. The summed E-state index contributed by atoms with van der Waals surface area (Å²) in [6.07, 6.45) is 2.35. The topological polar surface area (TPSA) is 82.7 Å². The van der Waals surface area contributed by atoms with E-state index >= 15 is 0 Å². The van der Waals surface area contributed by atoms with E-state index in [1.165, 1.54) is 6.07 Å². The van der Waals surface area contributed by atoms with Crippen LogP contribution in [0.5, 0.6) is 23.3 Å². The van der Waals surface area contributed by atoms with Crippen LogP contribution >= 0.6 is 0 Å². The third-order valence-electron chi connectivity index (χ3n) is 3.62. The van der Waals surface area contributed by atoms with Crippen molar-refractivity contribution in [3.05, 3.63) is 39.8 Å². The molecule has 1 N–H and O–H groups in total. The lowest BCUT2D eigenvalue weighted by Crippen LogP contribution is -2.12. The van der Waals surface area contributed by atoms with Gasteiger partial charge in [-0.2, -0.15) is 0 Å². The zero-order valence-corrected chi connectivity index (χ0v) is 15.0. The fraction of sp³-hybridized carbons (Fsp3) is 0.444. The van der Waals surface area contributed by atoms with Crippen molar-refractivity contribution in [2.75, 3.05) is 27.9 Å². The number of ether oxygens (including phenoxy) is 4. The first-order valence-electron chi connectivity index (χ1n) is 8.13. The quantitative estimate of drug-likeness (QED) is 0.701. The van der Waals surface area contributed by atoms with Crippen LogP contribution < -0.4 is 24.5 Å². The highest BCUT2D eigenvalue weighted by molar-refractivity contribution is 5.54. The van der Waals surface area contributed by atoms with Crippen LogP contribution in [0.4, 0.5) is 0 Å². The van der Waals surface area contributed by atoms with E-state index in [4.69, 9.17) is 18.9 Å². The summed E-state index contributed by atoms with van der Waals surface area (Å²) < 4.78 is 21.5. The minimum atomic E-state index is -0.246. The molecule has 0 spiro atoms. The minimum absolute atomic E-state index is 0.239. The zero-order chi connectivity index (χ0) is 18.2. The molecule has 0 unspecified atom stereocenters. The Labute approximate surface area is 146 Å². The molecular formula is C18H24N2O5. The summed E-state index contributed by atoms with van der Waals surface area (Å²) in [5.41, 5.74) is 1.24. The lowest BCUT2D eigenvalue weighted by atomic mass is 10.1. The summed E-state index contributed by atoms with van der Waals surface area (Å²) in [4.78, 5) is 18.8. The van der Waals surface area contributed by atoms with Crippen LogP contribution in [0.15, 0.2) is 23.0 Å². The molecule has 7 nitrogen and oxygen atoms in total. The molecule has 0 radical (unpaired) electrons. The predicted molar refractivity (Wildman–Crippen MR) is 94.2 cm³/mol. The van der Waals surface area contributed by atoms with E-state index in [9.17, 15) is 4.79 Å². The summed E-state index contributed by atoms with van der Waals surface area (Å²) in [5.74, 6) is 1.64. The summed E-state index contributed by atoms with van der Waals surface area (Å²) in [6.45, 7) is 2.59. The molecule has 0 amide bonds. The van der Waals surface area contributed by atoms with E-state index < -0.39 is 0 Å². The van der Waals surface area contributed by atoms with Crippen LogP contribution in [-0.2, 0) is 6.42 Å². The highest BCUT2D eigenvalue weighted by Crippen LogP contribution is 2.38. The van der Waals surface area contributed by atoms with Gasteiger partial charge in [0, 0.05) is 12.5 Å². The smallest absolute Gasteiger partial charge is 0.296 e. The van der Waals surface area contributed by atoms with Gasteiger partial charge in [-0.3, -0.25) is 9.78 Å². The third kappa shape index (κ3) is 4.89. The van der Waals surface area contributed by atoms with Gasteiger partial charge in [-0.25, -0.2) is 4.98 Å². The van der Waals surface area contributed by atoms with Crippen LogP contribution in [0.3, 0.4) is 0 Å². The minimum Gasteiger partial charge on any atom is -0.493 e. The van der Waals surface area contributed by atoms with E-state index in [-0.39, 0.29) is 11.6 Å². The van der Waals surface area contributed by atoms with Crippen molar-refractivity contribution in [3.8, 4) is 23.3 Å². The molecule has 0 atom stereocenters. The Hall–Kier alpha value is -2.70. The fourth-order valence-corrected chi connectivity index (χ4v) is 2.40. The summed E-state index contributed by atoms with van der Waals surface area (Å²) in [6, 6.07) is 5.36. The van der Waals surface area contributed by atoms with Crippen molar-refractivity contribution in [1.29, 1.82) is 0 Å². The van der Waals surface area contributed by atoms with Crippen molar-refractivity contribution in [3.63, 3.8) is 0 Å². The third-order valence-corrected chi connectivity index (χ3v) is 3.62. The molecule has 0 saturated heterocycles. The van der Waals surface area contributed by atoms with E-state index in [1.54, 1.807) is 21.3 Å². The molecule has 1 aromatic carbocycles. The van der Waals surface area contributed by atoms with Gasteiger partial charge in [-0.05, 0) is 24.1 Å². The van der Waals surface area contributed by atoms with Crippen molar-refractivity contribution >= 4 is 0 Å². The van der Waals surface area contributed by atoms with Crippen molar-refractivity contribution < 1.29 is 18.9 Å². The Morgan fingerprint density at radius 3 is 2.28 bits per heavy atom. The number of H-pyrrole nitrogens is 1. The van der Waals surface area contributed by atoms with Crippen molar-refractivity contribution in [2.45, 2.75) is 26.2 Å². The molecule has 136 valence electrons. The van der Waals surface area contributed by atoms with Crippen molar-refractivity contribution in [1.82, 2.24) is 9.97 Å². The maximum Gasteiger partial charge on any atom is 0.296 e. The van der Waals surface area contributed by atoms with Crippen LogP contribution in [-0.4, -0.2) is 37.9 Å². The number of benzene rings is 1. The molecule has 2 aromatic rings. The Balaban J connectivity index is 2.28. The summed E-state index contributed by atoms with van der Waals surface area (Å²) in [5, 5.41) is 0. The number of rotatable bonds is 9. The Morgan fingerprint density at radius 2 is 1.72 bits per heavy atom. The molecule has 0 bridgehead atoms. The van der Waals surface area contributed by atoms with Crippen LogP contribution in [0, 0.1) is 0 Å². The predicted octanol–water partition coefficient (Wildman–Crippen LogP) is 2.57. The molecule has 25 heavy (non-hydrogen) atoms. The van der Waals surface area contributed by atoms with Crippen molar-refractivity contribution in [2.24, 2.45) is 0 Å². The molecule has 0 aliphatic carbocycles. The first kappa shape index (κ1) is 18.6.